The van der Waals surface area contributed by atoms with Gasteiger partial charge in [0.1, 0.15) is 11.7 Å². The number of hydrogen-bond donors (Lipinski definition) is 2. The number of hydrogen-bond acceptors (Lipinski definition) is 4. The summed E-state index contributed by atoms with van der Waals surface area (Å²) >= 11 is 0. The predicted octanol–water partition coefficient (Wildman–Crippen LogP) is 1.53. The van der Waals surface area contributed by atoms with Gasteiger partial charge in [0.05, 0.1) is 18.4 Å². The Morgan fingerprint density at radius 2 is 2.08 bits per heavy atom. The topological polar surface area (TPSA) is 91.4 Å². The molecule has 3 rings (SSSR count). The molecule has 1 atom stereocenters. The summed E-state index contributed by atoms with van der Waals surface area (Å²) in [7, 11) is 0. The lowest BCUT2D eigenvalue weighted by atomic mass is 10.0. The first-order valence-electron chi connectivity index (χ1n) is 7.60. The molecule has 1 aliphatic rings. The van der Waals surface area contributed by atoms with Crippen molar-refractivity contribution in [3.05, 3.63) is 60.2 Å². The molecule has 0 saturated carbocycles. The second-order valence-corrected chi connectivity index (χ2v) is 5.49. The van der Waals surface area contributed by atoms with E-state index in [2.05, 4.69) is 15.6 Å². The Hall–Kier alpha value is -3.29. The van der Waals surface area contributed by atoms with Crippen LogP contribution in [0.5, 0.6) is 0 Å². The summed E-state index contributed by atoms with van der Waals surface area (Å²) in [4.78, 5) is 41.6. The molecule has 7 nitrogen and oxygen atoms in total. The first kappa shape index (κ1) is 16.6. The van der Waals surface area contributed by atoms with Crippen molar-refractivity contribution in [2.45, 2.75) is 6.54 Å². The minimum atomic E-state index is -1.09. The molecular weight excluding hydrogens is 327 g/mol. The van der Waals surface area contributed by atoms with Gasteiger partial charge in [0, 0.05) is 18.3 Å². The van der Waals surface area contributed by atoms with Gasteiger partial charge in [-0.15, -0.1) is 0 Å². The summed E-state index contributed by atoms with van der Waals surface area (Å²) in [6.07, 6.45) is 3.00. The fraction of sp³-hybridized carbons (Fsp3) is 0.176. The Morgan fingerprint density at radius 1 is 1.28 bits per heavy atom. The standard InChI is InChI=1S/C17H15FN4O3/c18-14-6-2-1-4-11(14)10-22-16(24)13(9-20-17(22)25)15(23)21-12-5-3-7-19-8-12/h1-8,13H,9-10H2,(H,20,25)(H,21,23). The summed E-state index contributed by atoms with van der Waals surface area (Å²) in [5.41, 5.74) is 0.636. The number of nitrogens with one attached hydrogen (secondary N) is 2. The SMILES string of the molecule is O=C(Nc1cccnc1)C1CNC(=O)N(Cc2ccccc2F)C1=O. The van der Waals surface area contributed by atoms with Gasteiger partial charge in [-0.3, -0.25) is 19.5 Å². The maximum atomic E-state index is 13.8. The second-order valence-electron chi connectivity index (χ2n) is 5.49. The summed E-state index contributed by atoms with van der Waals surface area (Å²) in [6.45, 7) is -0.356. The molecule has 0 spiro atoms. The smallest absolute Gasteiger partial charge is 0.324 e. The molecule has 2 heterocycles. The van der Waals surface area contributed by atoms with E-state index in [9.17, 15) is 18.8 Å². The number of anilines is 1. The van der Waals surface area contributed by atoms with Crippen LogP contribution in [0.3, 0.4) is 0 Å². The molecule has 1 aromatic heterocycles. The lowest BCUT2D eigenvalue weighted by Crippen LogP contribution is -2.57. The second kappa shape index (κ2) is 7.08. The summed E-state index contributed by atoms with van der Waals surface area (Å²) in [5.74, 6) is -2.85. The molecule has 1 aromatic carbocycles. The number of benzene rings is 1. The Bertz CT molecular complexity index is 813. The zero-order valence-electron chi connectivity index (χ0n) is 13.1. The normalized spacial score (nSPS) is 17.2. The van der Waals surface area contributed by atoms with Crippen LogP contribution in [0, 0.1) is 11.7 Å². The Balaban J connectivity index is 1.74. The van der Waals surface area contributed by atoms with Crippen LogP contribution in [0.1, 0.15) is 5.56 Å². The summed E-state index contributed by atoms with van der Waals surface area (Å²) < 4.78 is 13.8. The summed E-state index contributed by atoms with van der Waals surface area (Å²) in [5, 5.41) is 5.06. The van der Waals surface area contributed by atoms with Crippen LogP contribution in [0.15, 0.2) is 48.8 Å². The molecule has 0 bridgehead atoms. The number of imide groups is 1. The van der Waals surface area contributed by atoms with Gasteiger partial charge >= 0.3 is 6.03 Å². The van der Waals surface area contributed by atoms with Crippen LogP contribution in [0.2, 0.25) is 0 Å². The van der Waals surface area contributed by atoms with Crippen molar-refractivity contribution in [1.82, 2.24) is 15.2 Å². The first-order chi connectivity index (χ1) is 12.1. The third-order valence-corrected chi connectivity index (χ3v) is 3.80. The van der Waals surface area contributed by atoms with Crippen LogP contribution < -0.4 is 10.6 Å². The van der Waals surface area contributed by atoms with Crippen molar-refractivity contribution in [2.24, 2.45) is 5.92 Å². The van der Waals surface area contributed by atoms with Gasteiger partial charge in [-0.05, 0) is 18.2 Å². The molecule has 0 radical (unpaired) electrons. The number of pyridine rings is 1. The average Bonchev–Trinajstić information content (AvgIpc) is 2.61. The highest BCUT2D eigenvalue weighted by atomic mass is 19.1. The highest BCUT2D eigenvalue weighted by molar-refractivity contribution is 6.12. The zero-order valence-corrected chi connectivity index (χ0v) is 13.1. The van der Waals surface area contributed by atoms with E-state index >= 15 is 0 Å². The van der Waals surface area contributed by atoms with E-state index in [0.29, 0.717) is 5.69 Å². The van der Waals surface area contributed by atoms with E-state index in [1.165, 1.54) is 24.4 Å². The van der Waals surface area contributed by atoms with Crippen molar-refractivity contribution in [2.75, 3.05) is 11.9 Å². The van der Waals surface area contributed by atoms with Crippen molar-refractivity contribution in [1.29, 1.82) is 0 Å². The minimum absolute atomic E-state index is 0.114. The minimum Gasteiger partial charge on any atom is -0.336 e. The number of aromatic nitrogens is 1. The highest BCUT2D eigenvalue weighted by Gasteiger charge is 2.38. The molecule has 2 aromatic rings. The van der Waals surface area contributed by atoms with Gasteiger partial charge in [-0.1, -0.05) is 18.2 Å². The summed E-state index contributed by atoms with van der Waals surface area (Å²) in [6, 6.07) is 8.47. The van der Waals surface area contributed by atoms with Crippen LogP contribution in [-0.4, -0.2) is 34.3 Å². The molecule has 2 N–H and O–H groups in total. The molecule has 1 fully saturated rings. The average molecular weight is 342 g/mol. The van der Waals surface area contributed by atoms with E-state index < -0.39 is 29.6 Å². The van der Waals surface area contributed by atoms with Crippen LogP contribution in [0.4, 0.5) is 14.9 Å². The fourth-order valence-corrected chi connectivity index (χ4v) is 2.48. The molecule has 1 unspecified atom stereocenters. The van der Waals surface area contributed by atoms with Gasteiger partial charge < -0.3 is 10.6 Å². The molecule has 25 heavy (non-hydrogen) atoms. The first-order valence-corrected chi connectivity index (χ1v) is 7.60. The third kappa shape index (κ3) is 3.63. The number of rotatable bonds is 4. The number of halogens is 1. The predicted molar refractivity (Wildman–Crippen MR) is 86.7 cm³/mol. The van der Waals surface area contributed by atoms with Gasteiger partial charge in [-0.25, -0.2) is 9.18 Å². The van der Waals surface area contributed by atoms with Gasteiger partial charge in [-0.2, -0.15) is 0 Å². The number of amides is 4. The lowest BCUT2D eigenvalue weighted by molar-refractivity contribution is -0.139. The number of carbonyl (C=O) groups excluding carboxylic acids is 3. The van der Waals surface area contributed by atoms with Crippen LogP contribution in [0.25, 0.3) is 0 Å². The maximum absolute atomic E-state index is 13.8. The molecular formula is C17H15FN4O3. The van der Waals surface area contributed by atoms with Crippen LogP contribution >= 0.6 is 0 Å². The third-order valence-electron chi connectivity index (χ3n) is 3.80. The zero-order chi connectivity index (χ0) is 17.8. The van der Waals surface area contributed by atoms with E-state index in [1.54, 1.807) is 24.4 Å². The number of carbonyl (C=O) groups is 3. The fourth-order valence-electron chi connectivity index (χ4n) is 2.48. The Morgan fingerprint density at radius 3 is 2.80 bits per heavy atom. The largest absolute Gasteiger partial charge is 0.336 e. The molecule has 4 amide bonds. The quantitative estimate of drug-likeness (QED) is 0.824. The van der Waals surface area contributed by atoms with E-state index in [0.717, 1.165) is 4.90 Å². The molecule has 128 valence electrons. The maximum Gasteiger partial charge on any atom is 0.324 e. The van der Waals surface area contributed by atoms with Crippen LogP contribution in [-0.2, 0) is 16.1 Å². The lowest BCUT2D eigenvalue weighted by Gasteiger charge is -2.30. The van der Waals surface area contributed by atoms with Gasteiger partial charge in [0.25, 0.3) is 0 Å². The van der Waals surface area contributed by atoms with Gasteiger partial charge in [0.2, 0.25) is 11.8 Å². The van der Waals surface area contributed by atoms with E-state index in [1.807, 2.05) is 0 Å². The molecule has 1 saturated heterocycles. The number of urea groups is 1. The van der Waals surface area contributed by atoms with E-state index in [-0.39, 0.29) is 18.7 Å². The highest BCUT2D eigenvalue weighted by Crippen LogP contribution is 2.17. The molecule has 8 heteroatoms. The van der Waals surface area contributed by atoms with Crippen molar-refractivity contribution in [3.63, 3.8) is 0 Å². The monoisotopic (exact) mass is 342 g/mol. The number of nitrogens with zero attached hydrogens (tertiary/aromatic N) is 2. The van der Waals surface area contributed by atoms with Crippen molar-refractivity contribution in [3.8, 4) is 0 Å². The Labute approximate surface area is 142 Å². The van der Waals surface area contributed by atoms with Gasteiger partial charge in [0.15, 0.2) is 0 Å². The Kier molecular flexibility index (Phi) is 4.69. The molecule has 1 aliphatic heterocycles. The van der Waals surface area contributed by atoms with Crippen molar-refractivity contribution >= 4 is 23.5 Å². The van der Waals surface area contributed by atoms with E-state index in [4.69, 9.17) is 0 Å². The van der Waals surface area contributed by atoms with Crippen molar-refractivity contribution < 1.29 is 18.8 Å². The molecule has 0 aliphatic carbocycles.